The molecule has 1 saturated heterocycles. The molecule has 0 radical (unpaired) electrons. The van der Waals surface area contributed by atoms with Crippen LogP contribution in [0.5, 0.6) is 0 Å². The van der Waals surface area contributed by atoms with Crippen LogP contribution >= 0.6 is 11.6 Å². The Labute approximate surface area is 154 Å². The third-order valence-electron chi connectivity index (χ3n) is 3.99. The van der Waals surface area contributed by atoms with E-state index in [9.17, 15) is 14.4 Å². The fourth-order valence-electron chi connectivity index (χ4n) is 2.90. The predicted molar refractivity (Wildman–Crippen MR) is 94.4 cm³/mol. The average molecular weight is 380 g/mol. The van der Waals surface area contributed by atoms with E-state index in [-0.39, 0.29) is 34.8 Å². The van der Waals surface area contributed by atoms with Crippen LogP contribution in [0.2, 0.25) is 5.02 Å². The lowest BCUT2D eigenvalue weighted by Crippen LogP contribution is -2.49. The van der Waals surface area contributed by atoms with Crippen molar-refractivity contribution in [1.82, 2.24) is 4.90 Å². The number of ether oxygens (including phenoxy) is 2. The molecule has 26 heavy (non-hydrogen) atoms. The zero-order valence-corrected chi connectivity index (χ0v) is 15.1. The van der Waals surface area contributed by atoms with E-state index in [1.165, 1.54) is 12.1 Å². The second-order valence-corrected chi connectivity index (χ2v) is 6.68. The highest BCUT2D eigenvalue weighted by Crippen LogP contribution is 2.18. The van der Waals surface area contributed by atoms with Crippen molar-refractivity contribution in [2.24, 2.45) is 0 Å². The predicted octanol–water partition coefficient (Wildman–Crippen LogP) is 2.24. The normalized spacial score (nSPS) is 20.2. The summed E-state index contributed by atoms with van der Waals surface area (Å²) in [6.07, 6.45) is -0.160. The van der Waals surface area contributed by atoms with Crippen molar-refractivity contribution in [2.75, 3.05) is 19.7 Å². The van der Waals surface area contributed by atoms with Gasteiger partial charge in [0, 0.05) is 24.2 Å². The molecule has 2 atom stereocenters. The summed E-state index contributed by atoms with van der Waals surface area (Å²) < 4.78 is 16.0. The van der Waals surface area contributed by atoms with Crippen molar-refractivity contribution in [3.63, 3.8) is 0 Å². The van der Waals surface area contributed by atoms with Crippen LogP contribution in [0.3, 0.4) is 0 Å². The van der Waals surface area contributed by atoms with Gasteiger partial charge in [-0.05, 0) is 32.0 Å². The maximum atomic E-state index is 12.2. The fourth-order valence-corrected chi connectivity index (χ4v) is 3.07. The Hall–Kier alpha value is -2.38. The van der Waals surface area contributed by atoms with E-state index in [1.54, 1.807) is 11.0 Å². The molecular formula is C18H18ClNO6. The van der Waals surface area contributed by atoms with E-state index < -0.39 is 18.0 Å². The highest BCUT2D eigenvalue weighted by Gasteiger charge is 2.26. The van der Waals surface area contributed by atoms with Crippen LogP contribution in [0.1, 0.15) is 24.4 Å². The molecule has 1 aliphatic rings. The lowest BCUT2D eigenvalue weighted by molar-refractivity contribution is -0.146. The van der Waals surface area contributed by atoms with E-state index >= 15 is 0 Å². The second-order valence-electron chi connectivity index (χ2n) is 6.25. The molecule has 0 aliphatic carbocycles. The summed E-state index contributed by atoms with van der Waals surface area (Å²) in [4.78, 5) is 38.1. The van der Waals surface area contributed by atoms with Gasteiger partial charge in [-0.3, -0.25) is 9.59 Å². The van der Waals surface area contributed by atoms with Crippen molar-refractivity contribution >= 4 is 34.4 Å². The zero-order chi connectivity index (χ0) is 18.8. The molecule has 1 amide bonds. The summed E-state index contributed by atoms with van der Waals surface area (Å²) in [6, 6.07) is 5.54. The maximum Gasteiger partial charge on any atom is 0.374 e. The van der Waals surface area contributed by atoms with Gasteiger partial charge >= 0.3 is 5.97 Å². The van der Waals surface area contributed by atoms with Gasteiger partial charge in [0.2, 0.25) is 5.76 Å². The number of benzene rings is 1. The summed E-state index contributed by atoms with van der Waals surface area (Å²) in [6.45, 7) is 4.19. The van der Waals surface area contributed by atoms with Crippen LogP contribution in [0.4, 0.5) is 0 Å². The van der Waals surface area contributed by atoms with Crippen molar-refractivity contribution in [1.29, 1.82) is 0 Å². The molecule has 1 aromatic heterocycles. The summed E-state index contributed by atoms with van der Waals surface area (Å²) in [5, 5.41) is 0.654. The third kappa shape index (κ3) is 4.05. The Kier molecular flexibility index (Phi) is 5.29. The lowest BCUT2D eigenvalue weighted by Gasteiger charge is -2.35. The third-order valence-corrected chi connectivity index (χ3v) is 4.22. The minimum Gasteiger partial charge on any atom is -0.450 e. The molecule has 0 spiro atoms. The molecule has 1 aromatic carbocycles. The number of morpholine rings is 1. The van der Waals surface area contributed by atoms with Crippen LogP contribution < -0.4 is 5.43 Å². The molecule has 7 nitrogen and oxygen atoms in total. The standard InChI is InChI=1S/C18H18ClNO6/c1-10-7-20(8-11(2)25-10)17(22)9-24-18(23)16-6-14(21)13-5-12(19)3-4-15(13)26-16/h3-6,10-11H,7-9H2,1-2H3/t10-,11-/m0/s1. The molecule has 1 aliphatic heterocycles. The SMILES string of the molecule is C[C@H]1CN(C(=O)COC(=O)c2cc(=O)c3cc(Cl)ccc3o2)C[C@H](C)O1. The maximum absolute atomic E-state index is 12.2. The van der Waals surface area contributed by atoms with E-state index in [2.05, 4.69) is 0 Å². The minimum absolute atomic E-state index is 0.0799. The Morgan fingerprint density at radius 2 is 1.92 bits per heavy atom. The monoisotopic (exact) mass is 379 g/mol. The van der Waals surface area contributed by atoms with E-state index in [0.717, 1.165) is 6.07 Å². The van der Waals surface area contributed by atoms with Crippen LogP contribution in [-0.4, -0.2) is 48.7 Å². The topological polar surface area (TPSA) is 86.0 Å². The van der Waals surface area contributed by atoms with Crippen molar-refractivity contribution in [2.45, 2.75) is 26.1 Å². The summed E-state index contributed by atoms with van der Waals surface area (Å²) in [5.74, 6) is -1.46. The number of hydrogen-bond donors (Lipinski definition) is 0. The first kappa shape index (κ1) is 18.4. The van der Waals surface area contributed by atoms with E-state index in [4.69, 9.17) is 25.5 Å². The smallest absolute Gasteiger partial charge is 0.374 e. The number of hydrogen-bond acceptors (Lipinski definition) is 6. The van der Waals surface area contributed by atoms with E-state index in [1.807, 2.05) is 13.8 Å². The van der Waals surface area contributed by atoms with E-state index in [0.29, 0.717) is 18.1 Å². The molecule has 8 heteroatoms. The first-order valence-corrected chi connectivity index (χ1v) is 8.55. The number of halogens is 1. The Morgan fingerprint density at radius 1 is 1.23 bits per heavy atom. The number of amides is 1. The first-order valence-electron chi connectivity index (χ1n) is 8.17. The van der Waals surface area contributed by atoms with Crippen LogP contribution in [0.15, 0.2) is 33.5 Å². The molecule has 1 fully saturated rings. The van der Waals surface area contributed by atoms with Gasteiger partial charge in [0.15, 0.2) is 12.0 Å². The molecule has 2 heterocycles. The van der Waals surface area contributed by atoms with Crippen LogP contribution in [0.25, 0.3) is 11.0 Å². The van der Waals surface area contributed by atoms with Gasteiger partial charge in [-0.1, -0.05) is 11.6 Å². The van der Waals surface area contributed by atoms with Gasteiger partial charge in [0.1, 0.15) is 5.58 Å². The summed E-state index contributed by atoms with van der Waals surface area (Å²) >= 11 is 5.85. The van der Waals surface area contributed by atoms with Gasteiger partial charge in [-0.15, -0.1) is 0 Å². The first-order chi connectivity index (χ1) is 12.3. The number of esters is 1. The average Bonchev–Trinajstić information content (AvgIpc) is 2.59. The van der Waals surface area contributed by atoms with Gasteiger partial charge < -0.3 is 18.8 Å². The summed E-state index contributed by atoms with van der Waals surface area (Å²) in [7, 11) is 0. The molecule has 138 valence electrons. The number of carbonyl (C=O) groups is 2. The molecule has 0 N–H and O–H groups in total. The van der Waals surface area contributed by atoms with Crippen molar-refractivity contribution < 1.29 is 23.5 Å². The van der Waals surface area contributed by atoms with Crippen LogP contribution in [-0.2, 0) is 14.3 Å². The number of carbonyl (C=O) groups excluding carboxylic acids is 2. The lowest BCUT2D eigenvalue weighted by atomic mass is 10.2. The Balaban J connectivity index is 1.68. The highest BCUT2D eigenvalue weighted by molar-refractivity contribution is 6.31. The Bertz CT molecular complexity index is 898. The van der Waals surface area contributed by atoms with Gasteiger partial charge in [-0.25, -0.2) is 4.79 Å². The van der Waals surface area contributed by atoms with Crippen molar-refractivity contribution in [3.05, 3.63) is 45.3 Å². The van der Waals surface area contributed by atoms with Gasteiger partial charge in [0.25, 0.3) is 5.91 Å². The number of rotatable bonds is 3. The summed E-state index contributed by atoms with van der Waals surface area (Å²) in [5.41, 5.74) is -0.195. The molecule has 0 bridgehead atoms. The van der Waals surface area contributed by atoms with Gasteiger partial charge in [0.05, 0.1) is 17.6 Å². The minimum atomic E-state index is -0.873. The zero-order valence-electron chi connectivity index (χ0n) is 14.4. The Morgan fingerprint density at radius 3 is 2.62 bits per heavy atom. The molecule has 0 unspecified atom stereocenters. The fraction of sp³-hybridized carbons (Fsp3) is 0.389. The molecule has 0 saturated carbocycles. The largest absolute Gasteiger partial charge is 0.450 e. The van der Waals surface area contributed by atoms with Gasteiger partial charge in [-0.2, -0.15) is 0 Å². The number of fused-ring (bicyclic) bond motifs is 1. The highest BCUT2D eigenvalue weighted by atomic mass is 35.5. The molecule has 2 aromatic rings. The quantitative estimate of drug-likeness (QED) is 0.760. The second kappa shape index (κ2) is 7.47. The van der Waals surface area contributed by atoms with Crippen LogP contribution in [0, 0.1) is 0 Å². The molecule has 3 rings (SSSR count). The molecular weight excluding hydrogens is 362 g/mol. The number of nitrogens with zero attached hydrogens (tertiary/aromatic N) is 1. The van der Waals surface area contributed by atoms with Crippen molar-refractivity contribution in [3.8, 4) is 0 Å².